The van der Waals surface area contributed by atoms with Gasteiger partial charge in [-0.25, -0.2) is 0 Å². The standard InChI is InChI=1S/C10H16/c1-4-6-7-9-10(3)8-5-2/h5,7H,1-4,6,8-9H2. The van der Waals surface area contributed by atoms with Gasteiger partial charge in [-0.3, -0.25) is 0 Å². The summed E-state index contributed by atoms with van der Waals surface area (Å²) < 4.78 is 0. The summed E-state index contributed by atoms with van der Waals surface area (Å²) in [7, 11) is 0. The molecule has 56 valence electrons. The Labute approximate surface area is 64.6 Å². The molecule has 0 bridgehead atoms. The predicted molar refractivity (Wildman–Crippen MR) is 47.5 cm³/mol. The lowest BCUT2D eigenvalue weighted by atomic mass is 10.1. The quantitative estimate of drug-likeness (QED) is 0.298. The molecule has 0 spiro atoms. The molecule has 0 aromatic rings. The molecule has 10 heavy (non-hydrogen) atoms. The van der Waals surface area contributed by atoms with E-state index in [0.29, 0.717) is 0 Å². The molecule has 0 N–H and O–H groups in total. The monoisotopic (exact) mass is 136 g/mol. The third-order valence-electron chi connectivity index (χ3n) is 1.27. The Morgan fingerprint density at radius 2 is 2.30 bits per heavy atom. The van der Waals surface area contributed by atoms with Crippen LogP contribution in [0, 0.1) is 13.3 Å². The lowest BCUT2D eigenvalue weighted by molar-refractivity contribution is 0.898. The third kappa shape index (κ3) is 5.49. The highest BCUT2D eigenvalue weighted by Crippen LogP contribution is 2.08. The van der Waals surface area contributed by atoms with Crippen LogP contribution >= 0.6 is 0 Å². The van der Waals surface area contributed by atoms with E-state index in [4.69, 9.17) is 0 Å². The molecule has 0 fully saturated rings. The molecule has 0 nitrogen and oxygen atoms in total. The highest BCUT2D eigenvalue weighted by Gasteiger charge is 1.83. The van der Waals surface area contributed by atoms with Crippen LogP contribution in [-0.4, -0.2) is 0 Å². The summed E-state index contributed by atoms with van der Waals surface area (Å²) in [4.78, 5) is 0. The van der Waals surface area contributed by atoms with E-state index in [9.17, 15) is 0 Å². The predicted octanol–water partition coefficient (Wildman–Crippen LogP) is 3.33. The van der Waals surface area contributed by atoms with Crippen molar-refractivity contribution in [2.75, 3.05) is 0 Å². The highest BCUT2D eigenvalue weighted by molar-refractivity contribution is 5.02. The van der Waals surface area contributed by atoms with Crippen molar-refractivity contribution in [1.82, 2.24) is 0 Å². The Hall–Kier alpha value is -0.650. The number of unbranched alkanes of at least 4 members (excludes halogenated alkanes) is 2. The van der Waals surface area contributed by atoms with Crippen LogP contribution in [0.5, 0.6) is 0 Å². The summed E-state index contributed by atoms with van der Waals surface area (Å²) in [6.45, 7) is 11.3. The van der Waals surface area contributed by atoms with Gasteiger partial charge in [0, 0.05) is 0 Å². The Bertz CT molecular complexity index is 101. The van der Waals surface area contributed by atoms with Gasteiger partial charge in [-0.05, 0) is 6.42 Å². The van der Waals surface area contributed by atoms with Gasteiger partial charge in [0.15, 0.2) is 0 Å². The average molecular weight is 136 g/mol. The summed E-state index contributed by atoms with van der Waals surface area (Å²) in [6.07, 6.45) is 8.14. The van der Waals surface area contributed by atoms with Crippen molar-refractivity contribution < 1.29 is 0 Å². The van der Waals surface area contributed by atoms with Gasteiger partial charge in [-0.15, -0.1) is 25.2 Å². The second kappa shape index (κ2) is 6.47. The van der Waals surface area contributed by atoms with Crippen molar-refractivity contribution in [3.8, 4) is 0 Å². The van der Waals surface area contributed by atoms with Crippen LogP contribution in [0.1, 0.15) is 25.7 Å². The molecule has 0 aromatic carbocycles. The largest absolute Gasteiger partial charge is 0.321 e. The maximum atomic E-state index is 3.89. The number of rotatable bonds is 6. The van der Waals surface area contributed by atoms with E-state index in [1.54, 1.807) is 0 Å². The van der Waals surface area contributed by atoms with Crippen molar-refractivity contribution in [3.63, 3.8) is 0 Å². The molecule has 0 aliphatic heterocycles. The molecule has 0 aliphatic rings. The van der Waals surface area contributed by atoms with Crippen LogP contribution in [-0.2, 0) is 0 Å². The summed E-state index contributed by atoms with van der Waals surface area (Å²) in [5, 5.41) is 0. The molecule has 0 aromatic heterocycles. The molecule has 0 atom stereocenters. The molecule has 0 heteroatoms. The first kappa shape index (κ1) is 9.35. The Balaban J connectivity index is 3.13. The van der Waals surface area contributed by atoms with Gasteiger partial charge in [-0.1, -0.05) is 6.08 Å². The van der Waals surface area contributed by atoms with Gasteiger partial charge in [0.2, 0.25) is 0 Å². The lowest BCUT2D eigenvalue weighted by Crippen LogP contribution is -1.80. The van der Waals surface area contributed by atoms with Crippen molar-refractivity contribution in [3.05, 3.63) is 38.2 Å². The van der Waals surface area contributed by atoms with Crippen LogP contribution in [0.15, 0.2) is 24.8 Å². The van der Waals surface area contributed by atoms with E-state index in [0.717, 1.165) is 25.7 Å². The Kier molecular flexibility index (Phi) is 6.05. The van der Waals surface area contributed by atoms with Gasteiger partial charge in [-0.2, -0.15) is 6.42 Å². The van der Waals surface area contributed by atoms with E-state index < -0.39 is 0 Å². The van der Waals surface area contributed by atoms with E-state index in [-0.39, 0.29) is 0 Å². The maximum Gasteiger partial charge on any atom is 0.0587 e. The normalized spacial score (nSPS) is 9.20. The van der Waals surface area contributed by atoms with E-state index in [2.05, 4.69) is 26.5 Å². The first-order valence-corrected chi connectivity index (χ1v) is 3.69. The zero-order chi connectivity index (χ0) is 7.82. The first-order valence-electron chi connectivity index (χ1n) is 3.69. The summed E-state index contributed by atoms with van der Waals surface area (Å²) in [6, 6.07) is 0. The molecule has 0 amide bonds. The van der Waals surface area contributed by atoms with Crippen molar-refractivity contribution in [1.29, 1.82) is 0 Å². The topological polar surface area (TPSA) is 0 Å². The van der Waals surface area contributed by atoms with Crippen LogP contribution in [0.2, 0.25) is 0 Å². The molecular formula is C10H16. The highest BCUT2D eigenvalue weighted by atomic mass is 14.0. The fraction of sp³-hybridized carbons (Fsp3) is 0.400. The molecule has 0 radical (unpaired) electrons. The Morgan fingerprint density at radius 3 is 2.80 bits per heavy atom. The zero-order valence-electron chi connectivity index (χ0n) is 6.60. The minimum Gasteiger partial charge on any atom is -0.321 e. The number of hydrogen-bond donors (Lipinski definition) is 0. The van der Waals surface area contributed by atoms with E-state index in [1.807, 2.05) is 6.08 Å². The summed E-state index contributed by atoms with van der Waals surface area (Å²) in [5.41, 5.74) is 1.24. The van der Waals surface area contributed by atoms with Crippen LogP contribution in [0.3, 0.4) is 0 Å². The van der Waals surface area contributed by atoms with Gasteiger partial charge in [0.05, 0.1) is 13.3 Å². The molecule has 0 aliphatic carbocycles. The molecule has 0 rings (SSSR count). The van der Waals surface area contributed by atoms with Crippen molar-refractivity contribution in [2.24, 2.45) is 0 Å². The van der Waals surface area contributed by atoms with Gasteiger partial charge < -0.3 is 6.42 Å². The fourth-order valence-corrected chi connectivity index (χ4v) is 0.738. The minimum absolute atomic E-state index is 0.938. The third-order valence-corrected chi connectivity index (χ3v) is 1.27. The molecule has 0 heterocycles. The SMILES string of the molecule is C=CCC(=C)C[CH-]CC[CH2+]. The van der Waals surface area contributed by atoms with Gasteiger partial charge in [0.25, 0.3) is 0 Å². The number of allylic oxidation sites excluding steroid dienone is 2. The summed E-state index contributed by atoms with van der Waals surface area (Å²) in [5.74, 6) is 0. The van der Waals surface area contributed by atoms with E-state index >= 15 is 0 Å². The Morgan fingerprint density at radius 1 is 1.60 bits per heavy atom. The summed E-state index contributed by atoms with van der Waals surface area (Å²) >= 11 is 0. The van der Waals surface area contributed by atoms with Crippen molar-refractivity contribution >= 4 is 0 Å². The van der Waals surface area contributed by atoms with Crippen molar-refractivity contribution in [2.45, 2.75) is 25.7 Å². The molecule has 0 saturated carbocycles. The van der Waals surface area contributed by atoms with Gasteiger partial charge >= 0.3 is 0 Å². The second-order valence-corrected chi connectivity index (χ2v) is 2.38. The van der Waals surface area contributed by atoms with Gasteiger partial charge in [0.1, 0.15) is 0 Å². The van der Waals surface area contributed by atoms with Crippen LogP contribution < -0.4 is 0 Å². The van der Waals surface area contributed by atoms with E-state index in [1.165, 1.54) is 5.57 Å². The molecule has 0 saturated heterocycles. The first-order chi connectivity index (χ1) is 4.81. The smallest absolute Gasteiger partial charge is 0.0587 e. The average Bonchev–Trinajstić information content (AvgIpc) is 1.89. The number of hydrogen-bond acceptors (Lipinski definition) is 0. The minimum atomic E-state index is 0.938. The molecular weight excluding hydrogens is 120 g/mol. The lowest BCUT2D eigenvalue weighted by Gasteiger charge is -2.08. The zero-order valence-corrected chi connectivity index (χ0v) is 6.60. The molecule has 0 unspecified atom stereocenters. The van der Waals surface area contributed by atoms with Crippen LogP contribution in [0.4, 0.5) is 0 Å². The second-order valence-electron chi connectivity index (χ2n) is 2.38. The maximum absolute atomic E-state index is 3.89. The van der Waals surface area contributed by atoms with Crippen LogP contribution in [0.25, 0.3) is 0 Å². The fourth-order valence-electron chi connectivity index (χ4n) is 0.738.